The van der Waals surface area contributed by atoms with Crippen LogP contribution >= 0.6 is 0 Å². The number of amides is 1. The van der Waals surface area contributed by atoms with Gasteiger partial charge in [-0.05, 0) is 65.3 Å². The third-order valence-corrected chi connectivity index (χ3v) is 4.22. The highest BCUT2D eigenvalue weighted by molar-refractivity contribution is 6.05. The first-order valence-electron chi connectivity index (χ1n) is 9.40. The fraction of sp³-hybridized carbons (Fsp3) is 0.524. The molecule has 152 valence electrons. The van der Waals surface area contributed by atoms with Crippen LogP contribution in [0.25, 0.3) is 0 Å². The van der Waals surface area contributed by atoms with E-state index in [1.807, 2.05) is 20.8 Å². The first-order valence-corrected chi connectivity index (χ1v) is 9.40. The number of phenols is 1. The van der Waals surface area contributed by atoms with Gasteiger partial charge in [-0.2, -0.15) is 0 Å². The summed E-state index contributed by atoms with van der Waals surface area (Å²) in [5.41, 5.74) is 1.09. The fourth-order valence-corrected chi connectivity index (χ4v) is 3.31. The Morgan fingerprint density at radius 2 is 1.89 bits per heavy atom. The van der Waals surface area contributed by atoms with E-state index in [2.05, 4.69) is 5.32 Å². The van der Waals surface area contributed by atoms with E-state index in [0.29, 0.717) is 23.7 Å². The van der Waals surface area contributed by atoms with Crippen molar-refractivity contribution in [1.82, 2.24) is 5.32 Å². The molecule has 7 nitrogen and oxygen atoms in total. The summed E-state index contributed by atoms with van der Waals surface area (Å²) in [5.74, 6) is -0.0897. The molecule has 0 fully saturated rings. The number of ether oxygens (including phenoxy) is 2. The summed E-state index contributed by atoms with van der Waals surface area (Å²) in [6, 6.07) is 4.10. The van der Waals surface area contributed by atoms with E-state index >= 15 is 0 Å². The zero-order chi connectivity index (χ0) is 20.9. The number of anilines is 1. The number of rotatable bonds is 3. The lowest BCUT2D eigenvalue weighted by molar-refractivity contribution is -0.156. The van der Waals surface area contributed by atoms with Crippen LogP contribution in [0.1, 0.15) is 53.5 Å². The number of phenolic OH excluding ortho intramolecular Hbond substituents is 1. The van der Waals surface area contributed by atoms with E-state index in [0.717, 1.165) is 5.56 Å². The van der Waals surface area contributed by atoms with Crippen molar-refractivity contribution < 1.29 is 24.2 Å². The Balaban J connectivity index is 1.95. The highest BCUT2D eigenvalue weighted by Gasteiger charge is 2.43. The van der Waals surface area contributed by atoms with Gasteiger partial charge in [0.15, 0.2) is 0 Å². The lowest BCUT2D eigenvalue weighted by Crippen LogP contribution is -2.53. The second-order valence-corrected chi connectivity index (χ2v) is 9.14. The maximum atomic E-state index is 13.2. The molecule has 0 aliphatic carbocycles. The van der Waals surface area contributed by atoms with Crippen molar-refractivity contribution in [2.45, 2.75) is 71.6 Å². The number of benzene rings is 1. The Morgan fingerprint density at radius 1 is 1.21 bits per heavy atom. The average molecular weight is 388 g/mol. The summed E-state index contributed by atoms with van der Waals surface area (Å²) in [6.45, 7) is 11.1. The molecule has 7 heteroatoms. The summed E-state index contributed by atoms with van der Waals surface area (Å²) in [7, 11) is 0. The Morgan fingerprint density at radius 3 is 2.50 bits per heavy atom. The first kappa shape index (κ1) is 20.0. The molecule has 28 heavy (non-hydrogen) atoms. The van der Waals surface area contributed by atoms with Crippen LogP contribution in [-0.4, -0.2) is 34.2 Å². The van der Waals surface area contributed by atoms with Crippen molar-refractivity contribution in [1.29, 1.82) is 0 Å². The van der Waals surface area contributed by atoms with Crippen molar-refractivity contribution in [3.05, 3.63) is 35.3 Å². The van der Waals surface area contributed by atoms with Crippen molar-refractivity contribution in [3.63, 3.8) is 0 Å². The number of fused-ring (bicyclic) bond motifs is 3. The largest absolute Gasteiger partial charge is 0.508 e. The minimum Gasteiger partial charge on any atom is -0.508 e. The number of aromatic hydroxyl groups is 1. The van der Waals surface area contributed by atoms with E-state index in [9.17, 15) is 14.7 Å². The topological polar surface area (TPSA) is 88.1 Å². The van der Waals surface area contributed by atoms with Crippen molar-refractivity contribution in [2.24, 2.45) is 0 Å². The number of esters is 1. The molecule has 1 aromatic carbocycles. The molecule has 0 unspecified atom stereocenters. The molecule has 2 aliphatic rings. The number of hydrogen-bond donors (Lipinski definition) is 2. The SMILES string of the molecule is CC(C)(C)OC(=O)C[C@H]1NC(OC(C)(C)C)=C2Cc3cc(O)ccc3N2C1=O. The van der Waals surface area contributed by atoms with E-state index in [-0.39, 0.29) is 18.1 Å². The zero-order valence-electron chi connectivity index (χ0n) is 17.3. The molecule has 1 atom stereocenters. The molecule has 2 aliphatic heterocycles. The van der Waals surface area contributed by atoms with Crippen LogP contribution in [0.5, 0.6) is 5.75 Å². The van der Waals surface area contributed by atoms with Gasteiger partial charge in [-0.15, -0.1) is 0 Å². The first-order chi connectivity index (χ1) is 12.8. The van der Waals surface area contributed by atoms with Crippen LogP contribution in [0.15, 0.2) is 29.8 Å². The summed E-state index contributed by atoms with van der Waals surface area (Å²) in [6.07, 6.45) is 0.345. The Bertz CT molecular complexity index is 845. The average Bonchev–Trinajstić information content (AvgIpc) is 2.87. The molecule has 2 N–H and O–H groups in total. The van der Waals surface area contributed by atoms with Gasteiger partial charge < -0.3 is 19.9 Å². The zero-order valence-corrected chi connectivity index (χ0v) is 17.3. The maximum Gasteiger partial charge on any atom is 0.308 e. The monoisotopic (exact) mass is 388 g/mol. The highest BCUT2D eigenvalue weighted by Crippen LogP contribution is 2.40. The number of carbonyl (C=O) groups excluding carboxylic acids is 2. The molecule has 0 saturated carbocycles. The van der Waals surface area contributed by atoms with E-state index < -0.39 is 23.2 Å². The number of carbonyl (C=O) groups is 2. The third kappa shape index (κ3) is 4.24. The molecule has 3 rings (SSSR count). The molecule has 0 bridgehead atoms. The molecular formula is C21H28N2O5. The molecule has 0 saturated heterocycles. The van der Waals surface area contributed by atoms with E-state index in [1.165, 1.54) is 0 Å². The quantitative estimate of drug-likeness (QED) is 0.774. The summed E-state index contributed by atoms with van der Waals surface area (Å²) < 4.78 is 11.5. The molecular weight excluding hydrogens is 360 g/mol. The number of nitrogens with zero attached hydrogens (tertiary/aromatic N) is 1. The van der Waals surface area contributed by atoms with Crippen LogP contribution in [0.3, 0.4) is 0 Å². The van der Waals surface area contributed by atoms with Crippen LogP contribution in [0.4, 0.5) is 5.69 Å². The number of hydrogen-bond acceptors (Lipinski definition) is 6. The normalized spacial score (nSPS) is 19.1. The van der Waals surface area contributed by atoms with Gasteiger partial charge in [0, 0.05) is 6.42 Å². The van der Waals surface area contributed by atoms with Crippen LogP contribution < -0.4 is 10.2 Å². The van der Waals surface area contributed by atoms with Crippen molar-refractivity contribution >= 4 is 17.6 Å². The van der Waals surface area contributed by atoms with Gasteiger partial charge in [0.25, 0.3) is 5.91 Å². The fourth-order valence-electron chi connectivity index (χ4n) is 3.31. The summed E-state index contributed by atoms with van der Waals surface area (Å²) in [5, 5.41) is 12.9. The maximum absolute atomic E-state index is 13.2. The highest BCUT2D eigenvalue weighted by atomic mass is 16.6. The van der Waals surface area contributed by atoms with Crippen LogP contribution in [-0.2, 0) is 25.5 Å². The van der Waals surface area contributed by atoms with Gasteiger partial charge in [-0.3, -0.25) is 14.5 Å². The van der Waals surface area contributed by atoms with Gasteiger partial charge in [-0.25, -0.2) is 0 Å². The van der Waals surface area contributed by atoms with E-state index in [1.54, 1.807) is 43.9 Å². The summed E-state index contributed by atoms with van der Waals surface area (Å²) >= 11 is 0. The van der Waals surface area contributed by atoms with Gasteiger partial charge in [-0.1, -0.05) is 0 Å². The van der Waals surface area contributed by atoms with E-state index in [4.69, 9.17) is 9.47 Å². The van der Waals surface area contributed by atoms with Gasteiger partial charge in [0.05, 0.1) is 17.8 Å². The molecule has 2 heterocycles. The lowest BCUT2D eigenvalue weighted by Gasteiger charge is -2.36. The second-order valence-electron chi connectivity index (χ2n) is 9.14. The smallest absolute Gasteiger partial charge is 0.308 e. The third-order valence-electron chi connectivity index (χ3n) is 4.22. The molecule has 1 aromatic rings. The number of allylic oxidation sites excluding steroid dienone is 1. The molecule has 0 aromatic heterocycles. The molecule has 0 spiro atoms. The van der Waals surface area contributed by atoms with Gasteiger partial charge in [0.1, 0.15) is 23.0 Å². The van der Waals surface area contributed by atoms with Crippen molar-refractivity contribution in [2.75, 3.05) is 4.90 Å². The predicted molar refractivity (Wildman–Crippen MR) is 105 cm³/mol. The Hall–Kier alpha value is -2.70. The predicted octanol–water partition coefficient (Wildman–Crippen LogP) is 2.97. The van der Waals surface area contributed by atoms with Gasteiger partial charge >= 0.3 is 5.97 Å². The Labute approximate surface area is 165 Å². The minimum absolute atomic E-state index is 0.107. The molecule has 0 radical (unpaired) electrons. The van der Waals surface area contributed by atoms with Crippen LogP contribution in [0, 0.1) is 0 Å². The standard InChI is InChI=1S/C21H28N2O5/c1-20(2,3)27-17(25)11-14-19(26)23-15-8-7-13(24)9-12(15)10-16(23)18(22-14)28-21(4,5)6/h7-9,14,22,24H,10-11H2,1-6H3/t14-/m1/s1. The minimum atomic E-state index is -0.796. The van der Waals surface area contributed by atoms with Crippen LogP contribution in [0.2, 0.25) is 0 Å². The molecule has 1 amide bonds. The van der Waals surface area contributed by atoms with Gasteiger partial charge in [0.2, 0.25) is 5.88 Å². The lowest BCUT2D eigenvalue weighted by atomic mass is 10.1. The number of nitrogens with one attached hydrogen (secondary N) is 1. The van der Waals surface area contributed by atoms with Crippen molar-refractivity contribution in [3.8, 4) is 5.75 Å². The summed E-state index contributed by atoms with van der Waals surface area (Å²) in [4.78, 5) is 27.1. The second kappa shape index (κ2) is 6.72. The Kier molecular flexibility index (Phi) is 4.81.